The maximum atomic E-state index is 11.5. The van der Waals surface area contributed by atoms with Crippen LogP contribution in [0.1, 0.15) is 45.3 Å². The second-order valence-electron chi connectivity index (χ2n) is 5.44. The van der Waals surface area contributed by atoms with Crippen molar-refractivity contribution in [1.82, 2.24) is 5.32 Å². The average Bonchev–Trinajstić information content (AvgIpc) is 2.75. The van der Waals surface area contributed by atoms with Crippen molar-refractivity contribution in [3.05, 3.63) is 22.4 Å². The predicted octanol–water partition coefficient (Wildman–Crippen LogP) is 2.72. The summed E-state index contributed by atoms with van der Waals surface area (Å²) in [5, 5.41) is 16.3. The summed E-state index contributed by atoms with van der Waals surface area (Å²) in [6.07, 6.45) is 0.771. The molecule has 96 valence electrons. The zero-order valence-electron chi connectivity index (χ0n) is 10.7. The average molecular weight is 255 g/mol. The minimum absolute atomic E-state index is 0.00852. The van der Waals surface area contributed by atoms with Crippen LogP contribution in [0.15, 0.2) is 16.8 Å². The smallest absolute Gasteiger partial charge is 0.220 e. The molecule has 1 atom stereocenters. The van der Waals surface area contributed by atoms with Crippen LogP contribution in [0.4, 0.5) is 0 Å². The third-order valence-electron chi connectivity index (χ3n) is 2.52. The van der Waals surface area contributed by atoms with Gasteiger partial charge in [-0.1, -0.05) is 20.8 Å². The number of amides is 1. The maximum absolute atomic E-state index is 11.5. The van der Waals surface area contributed by atoms with E-state index in [4.69, 9.17) is 0 Å². The largest absolute Gasteiger partial charge is 0.387 e. The van der Waals surface area contributed by atoms with Crippen LogP contribution in [-0.4, -0.2) is 17.6 Å². The summed E-state index contributed by atoms with van der Waals surface area (Å²) < 4.78 is 0. The molecule has 3 nitrogen and oxygen atoms in total. The summed E-state index contributed by atoms with van der Waals surface area (Å²) in [6, 6.07) is 1.87. The van der Waals surface area contributed by atoms with Crippen LogP contribution in [0.25, 0.3) is 0 Å². The number of aliphatic hydroxyl groups excluding tert-OH is 1. The predicted molar refractivity (Wildman–Crippen MR) is 71.0 cm³/mol. The lowest BCUT2D eigenvalue weighted by molar-refractivity contribution is -0.122. The number of rotatable bonds is 5. The van der Waals surface area contributed by atoms with Crippen LogP contribution in [0.5, 0.6) is 0 Å². The molecule has 1 amide bonds. The Labute approximate surface area is 107 Å². The molecule has 0 bridgehead atoms. The van der Waals surface area contributed by atoms with Gasteiger partial charge in [0.2, 0.25) is 5.91 Å². The third kappa shape index (κ3) is 5.84. The molecule has 0 aliphatic carbocycles. The Morgan fingerprint density at radius 2 is 2.24 bits per heavy atom. The van der Waals surface area contributed by atoms with Crippen LogP contribution in [-0.2, 0) is 4.79 Å². The Morgan fingerprint density at radius 1 is 1.53 bits per heavy atom. The molecule has 4 heteroatoms. The van der Waals surface area contributed by atoms with Crippen molar-refractivity contribution in [1.29, 1.82) is 0 Å². The van der Waals surface area contributed by atoms with Gasteiger partial charge in [0.1, 0.15) is 0 Å². The molecule has 0 aromatic carbocycles. The normalized spacial score (nSPS) is 13.4. The molecule has 17 heavy (non-hydrogen) atoms. The number of hydrogen-bond donors (Lipinski definition) is 2. The monoisotopic (exact) mass is 255 g/mol. The van der Waals surface area contributed by atoms with Gasteiger partial charge >= 0.3 is 0 Å². The van der Waals surface area contributed by atoms with E-state index in [1.54, 1.807) is 11.3 Å². The van der Waals surface area contributed by atoms with Crippen molar-refractivity contribution < 1.29 is 9.90 Å². The first kappa shape index (κ1) is 14.2. The van der Waals surface area contributed by atoms with E-state index in [9.17, 15) is 9.90 Å². The Morgan fingerprint density at radius 3 is 2.76 bits per heavy atom. The van der Waals surface area contributed by atoms with Crippen LogP contribution in [0.3, 0.4) is 0 Å². The van der Waals surface area contributed by atoms with E-state index in [2.05, 4.69) is 26.1 Å². The Hall–Kier alpha value is -0.870. The standard InChI is InChI=1S/C13H21NO2S/c1-13(2,3)6-4-12(16)14-8-11(15)10-5-7-17-9-10/h5,7,9,11,15H,4,6,8H2,1-3H3,(H,14,16). The molecule has 2 N–H and O–H groups in total. The summed E-state index contributed by atoms with van der Waals surface area (Å²) in [5.41, 5.74) is 1.04. The third-order valence-corrected chi connectivity index (χ3v) is 3.22. The highest BCUT2D eigenvalue weighted by atomic mass is 32.1. The van der Waals surface area contributed by atoms with Crippen molar-refractivity contribution in [2.45, 2.75) is 39.7 Å². The van der Waals surface area contributed by atoms with Crippen molar-refractivity contribution in [2.75, 3.05) is 6.54 Å². The first-order valence-corrected chi connectivity index (χ1v) is 6.79. The lowest BCUT2D eigenvalue weighted by Crippen LogP contribution is -2.28. The van der Waals surface area contributed by atoms with Gasteiger partial charge in [-0.3, -0.25) is 4.79 Å². The maximum Gasteiger partial charge on any atom is 0.220 e. The van der Waals surface area contributed by atoms with E-state index in [0.717, 1.165) is 12.0 Å². The molecule has 0 spiro atoms. The second-order valence-corrected chi connectivity index (χ2v) is 6.22. The van der Waals surface area contributed by atoms with E-state index in [0.29, 0.717) is 13.0 Å². The van der Waals surface area contributed by atoms with Gasteiger partial charge in [-0.05, 0) is 34.2 Å². The minimum atomic E-state index is -0.597. The second kappa shape index (κ2) is 6.17. The van der Waals surface area contributed by atoms with E-state index in [1.807, 2.05) is 16.8 Å². The van der Waals surface area contributed by atoms with Crippen LogP contribution >= 0.6 is 11.3 Å². The molecular weight excluding hydrogens is 234 g/mol. The van der Waals surface area contributed by atoms with Gasteiger partial charge in [-0.15, -0.1) is 0 Å². The number of thiophene rings is 1. The van der Waals surface area contributed by atoms with Gasteiger partial charge in [0.15, 0.2) is 0 Å². The molecule has 1 heterocycles. The van der Waals surface area contributed by atoms with Crippen LogP contribution < -0.4 is 5.32 Å². The highest BCUT2D eigenvalue weighted by Crippen LogP contribution is 2.20. The molecule has 0 saturated carbocycles. The summed E-state index contributed by atoms with van der Waals surface area (Å²) in [6.45, 7) is 6.63. The first-order valence-electron chi connectivity index (χ1n) is 5.85. The van der Waals surface area contributed by atoms with Crippen LogP contribution in [0, 0.1) is 5.41 Å². The van der Waals surface area contributed by atoms with E-state index < -0.39 is 6.10 Å². The lowest BCUT2D eigenvalue weighted by atomic mass is 9.90. The molecule has 0 saturated heterocycles. The van der Waals surface area contributed by atoms with E-state index in [-0.39, 0.29) is 11.3 Å². The van der Waals surface area contributed by atoms with Gasteiger partial charge < -0.3 is 10.4 Å². The summed E-state index contributed by atoms with van der Waals surface area (Å²) in [7, 11) is 0. The number of carbonyl (C=O) groups excluding carboxylic acids is 1. The summed E-state index contributed by atoms with van der Waals surface area (Å²) in [5.74, 6) is 0.00852. The number of hydrogen-bond acceptors (Lipinski definition) is 3. The molecule has 0 radical (unpaired) electrons. The molecule has 1 unspecified atom stereocenters. The minimum Gasteiger partial charge on any atom is -0.387 e. The molecule has 0 aliphatic heterocycles. The summed E-state index contributed by atoms with van der Waals surface area (Å²) >= 11 is 1.54. The van der Waals surface area contributed by atoms with Crippen molar-refractivity contribution >= 4 is 17.2 Å². The SMILES string of the molecule is CC(C)(C)CCC(=O)NCC(O)c1ccsc1. The van der Waals surface area contributed by atoms with Crippen molar-refractivity contribution in [3.63, 3.8) is 0 Å². The van der Waals surface area contributed by atoms with Gasteiger partial charge in [0.05, 0.1) is 6.10 Å². The van der Waals surface area contributed by atoms with Gasteiger partial charge in [-0.25, -0.2) is 0 Å². The van der Waals surface area contributed by atoms with Crippen molar-refractivity contribution in [2.24, 2.45) is 5.41 Å². The Kier molecular flexibility index (Phi) is 5.15. The fourth-order valence-corrected chi connectivity index (χ4v) is 2.08. The molecule has 0 aliphatic rings. The fraction of sp³-hybridized carbons (Fsp3) is 0.615. The highest BCUT2D eigenvalue weighted by molar-refractivity contribution is 7.07. The quantitative estimate of drug-likeness (QED) is 0.850. The summed E-state index contributed by atoms with van der Waals surface area (Å²) in [4.78, 5) is 11.5. The molecule has 1 aromatic rings. The van der Waals surface area contributed by atoms with E-state index in [1.165, 1.54) is 0 Å². The Balaban J connectivity index is 2.24. The highest BCUT2D eigenvalue weighted by Gasteiger charge is 2.14. The zero-order valence-corrected chi connectivity index (χ0v) is 11.5. The molecule has 0 fully saturated rings. The fourth-order valence-electron chi connectivity index (χ4n) is 1.37. The van der Waals surface area contributed by atoms with Crippen LogP contribution in [0.2, 0.25) is 0 Å². The number of carbonyl (C=O) groups is 1. The first-order chi connectivity index (χ1) is 7.88. The van der Waals surface area contributed by atoms with Crippen molar-refractivity contribution in [3.8, 4) is 0 Å². The van der Waals surface area contributed by atoms with Gasteiger partial charge in [0.25, 0.3) is 0 Å². The Bertz CT molecular complexity index is 341. The van der Waals surface area contributed by atoms with Gasteiger partial charge in [-0.2, -0.15) is 11.3 Å². The zero-order chi connectivity index (χ0) is 12.9. The van der Waals surface area contributed by atoms with E-state index >= 15 is 0 Å². The lowest BCUT2D eigenvalue weighted by Gasteiger charge is -2.17. The van der Waals surface area contributed by atoms with Gasteiger partial charge in [0, 0.05) is 13.0 Å². The molecule has 1 aromatic heterocycles. The number of aliphatic hydroxyl groups is 1. The topological polar surface area (TPSA) is 49.3 Å². The number of nitrogens with one attached hydrogen (secondary N) is 1. The molecule has 1 rings (SSSR count). The molecular formula is C13H21NO2S.